The minimum atomic E-state index is -0.0684. The zero-order valence-electron chi connectivity index (χ0n) is 21.6. The molecule has 5 nitrogen and oxygen atoms in total. The summed E-state index contributed by atoms with van der Waals surface area (Å²) >= 11 is 2.02. The van der Waals surface area contributed by atoms with Crippen LogP contribution in [0.15, 0.2) is 29.2 Å². The summed E-state index contributed by atoms with van der Waals surface area (Å²) in [6.45, 7) is 8.58. The standard InChI is InChI=1S/C28H45NO4S/c1-5-32-27(30)21(3)15-9-7-11-17-23-25(34-26-20-14-13-18-24(26)29-23)19-12-8-10-16-22(4)28(31)33-6-2/h13-14,18,20-23,25,29H,5-12,15-17,19H2,1-4H3. The number of esters is 2. The number of rotatable bonds is 16. The highest BCUT2D eigenvalue weighted by molar-refractivity contribution is 8.00. The molecule has 0 saturated heterocycles. The van der Waals surface area contributed by atoms with Gasteiger partial charge in [-0.15, -0.1) is 11.8 Å². The Morgan fingerprint density at radius 1 is 0.853 bits per heavy atom. The van der Waals surface area contributed by atoms with Crippen LogP contribution in [0.5, 0.6) is 0 Å². The number of carbonyl (C=O) groups excluding carboxylic acids is 2. The van der Waals surface area contributed by atoms with Gasteiger partial charge in [0.25, 0.3) is 0 Å². The van der Waals surface area contributed by atoms with E-state index in [0.29, 0.717) is 24.5 Å². The van der Waals surface area contributed by atoms with Gasteiger partial charge in [-0.1, -0.05) is 64.5 Å². The Labute approximate surface area is 211 Å². The number of hydrogen-bond acceptors (Lipinski definition) is 6. The number of fused-ring (bicyclic) bond motifs is 1. The second-order valence-corrected chi connectivity index (χ2v) is 10.8. The Kier molecular flexibility index (Phi) is 13.5. The number of unbranched alkanes of at least 4 members (excludes halogenated alkanes) is 4. The molecule has 1 aromatic carbocycles. The van der Waals surface area contributed by atoms with Crippen LogP contribution in [0.2, 0.25) is 0 Å². The second kappa shape index (κ2) is 16.1. The second-order valence-electron chi connectivity index (χ2n) is 9.49. The van der Waals surface area contributed by atoms with Crippen LogP contribution in [0, 0.1) is 11.8 Å². The van der Waals surface area contributed by atoms with E-state index in [1.165, 1.54) is 29.8 Å². The molecule has 1 N–H and O–H groups in total. The van der Waals surface area contributed by atoms with Gasteiger partial charge >= 0.3 is 11.9 Å². The molecule has 1 aromatic rings. The first-order chi connectivity index (χ1) is 16.5. The predicted octanol–water partition coefficient (Wildman–Crippen LogP) is 7.24. The van der Waals surface area contributed by atoms with Crippen LogP contribution < -0.4 is 5.32 Å². The van der Waals surface area contributed by atoms with Crippen molar-refractivity contribution in [2.24, 2.45) is 11.8 Å². The number of benzene rings is 1. The zero-order chi connectivity index (χ0) is 24.8. The number of anilines is 1. The maximum atomic E-state index is 11.8. The topological polar surface area (TPSA) is 64.6 Å². The van der Waals surface area contributed by atoms with E-state index in [0.717, 1.165) is 44.9 Å². The molecule has 0 radical (unpaired) electrons. The number of ether oxygens (including phenoxy) is 2. The average molecular weight is 492 g/mol. The van der Waals surface area contributed by atoms with Crippen LogP contribution in [0.25, 0.3) is 0 Å². The lowest BCUT2D eigenvalue weighted by atomic mass is 9.97. The van der Waals surface area contributed by atoms with Crippen LogP contribution in [0.4, 0.5) is 5.69 Å². The van der Waals surface area contributed by atoms with E-state index in [2.05, 4.69) is 29.6 Å². The first-order valence-electron chi connectivity index (χ1n) is 13.3. The van der Waals surface area contributed by atoms with Gasteiger partial charge in [0.1, 0.15) is 0 Å². The summed E-state index contributed by atoms with van der Waals surface area (Å²) in [5.41, 5.74) is 1.26. The Hall–Kier alpha value is -1.69. The number of nitrogens with one attached hydrogen (secondary N) is 1. The van der Waals surface area contributed by atoms with E-state index < -0.39 is 0 Å². The van der Waals surface area contributed by atoms with Crippen molar-refractivity contribution in [3.05, 3.63) is 24.3 Å². The molecule has 0 aliphatic carbocycles. The molecular weight excluding hydrogens is 446 g/mol. The van der Waals surface area contributed by atoms with E-state index in [9.17, 15) is 9.59 Å². The van der Waals surface area contributed by atoms with E-state index in [1.54, 1.807) is 0 Å². The highest BCUT2D eigenvalue weighted by atomic mass is 32.2. The average Bonchev–Trinajstić information content (AvgIpc) is 2.83. The summed E-state index contributed by atoms with van der Waals surface area (Å²) in [7, 11) is 0. The van der Waals surface area contributed by atoms with Crippen molar-refractivity contribution in [2.75, 3.05) is 18.5 Å². The Balaban J connectivity index is 1.75. The van der Waals surface area contributed by atoms with Crippen molar-refractivity contribution in [3.8, 4) is 0 Å². The lowest BCUT2D eigenvalue weighted by Crippen LogP contribution is -2.34. The number of hydrogen-bond donors (Lipinski definition) is 1. The predicted molar refractivity (Wildman–Crippen MR) is 141 cm³/mol. The largest absolute Gasteiger partial charge is 0.466 e. The fourth-order valence-corrected chi connectivity index (χ4v) is 5.90. The molecule has 0 saturated carbocycles. The van der Waals surface area contributed by atoms with Crippen molar-refractivity contribution in [2.45, 2.75) is 108 Å². The monoisotopic (exact) mass is 491 g/mol. The third-order valence-corrected chi connectivity index (χ3v) is 8.09. The molecule has 2 rings (SSSR count). The molecule has 1 aliphatic heterocycles. The molecule has 6 heteroatoms. The van der Waals surface area contributed by atoms with Crippen molar-refractivity contribution >= 4 is 29.4 Å². The summed E-state index contributed by atoms with van der Waals surface area (Å²) in [5, 5.41) is 4.38. The van der Waals surface area contributed by atoms with E-state index in [4.69, 9.17) is 9.47 Å². The van der Waals surface area contributed by atoms with Crippen LogP contribution in [-0.4, -0.2) is 36.4 Å². The molecule has 34 heavy (non-hydrogen) atoms. The number of para-hydroxylation sites is 1. The third-order valence-electron chi connectivity index (χ3n) is 6.61. The van der Waals surface area contributed by atoms with Gasteiger partial charge < -0.3 is 14.8 Å². The van der Waals surface area contributed by atoms with Crippen LogP contribution >= 0.6 is 11.8 Å². The summed E-state index contributed by atoms with van der Waals surface area (Å²) in [4.78, 5) is 25.0. The van der Waals surface area contributed by atoms with Gasteiger partial charge in [0.05, 0.1) is 25.0 Å². The third kappa shape index (κ3) is 9.89. The summed E-state index contributed by atoms with van der Waals surface area (Å²) < 4.78 is 10.2. The number of thioether (sulfide) groups is 1. The van der Waals surface area contributed by atoms with Gasteiger partial charge in [-0.25, -0.2) is 0 Å². The maximum Gasteiger partial charge on any atom is 0.308 e. The van der Waals surface area contributed by atoms with E-state index >= 15 is 0 Å². The quantitative estimate of drug-likeness (QED) is 0.194. The van der Waals surface area contributed by atoms with Crippen LogP contribution in [0.3, 0.4) is 0 Å². The summed E-state index contributed by atoms with van der Waals surface area (Å²) in [6, 6.07) is 9.09. The lowest BCUT2D eigenvalue weighted by molar-refractivity contribution is -0.148. The van der Waals surface area contributed by atoms with Gasteiger partial charge in [0.15, 0.2) is 0 Å². The van der Waals surface area contributed by atoms with Crippen molar-refractivity contribution in [3.63, 3.8) is 0 Å². The van der Waals surface area contributed by atoms with Crippen LogP contribution in [-0.2, 0) is 19.1 Å². The Bertz CT molecular complexity index is 680. The normalized spacial score (nSPS) is 18.9. The SMILES string of the molecule is CCOC(=O)C(C)CCCCCC1Nc2ccccc2SC1CCCCCC(C)C(=O)OCC. The molecule has 0 amide bonds. The molecule has 0 aromatic heterocycles. The first-order valence-corrected chi connectivity index (χ1v) is 14.2. The van der Waals surface area contributed by atoms with Gasteiger partial charge in [-0.2, -0.15) is 0 Å². The van der Waals surface area contributed by atoms with Crippen molar-refractivity contribution in [1.82, 2.24) is 0 Å². The van der Waals surface area contributed by atoms with E-state index in [-0.39, 0.29) is 23.8 Å². The molecule has 4 unspecified atom stereocenters. The van der Waals surface area contributed by atoms with E-state index in [1.807, 2.05) is 39.5 Å². The van der Waals surface area contributed by atoms with Gasteiger partial charge in [-0.3, -0.25) is 9.59 Å². The number of carbonyl (C=O) groups is 2. The molecule has 4 atom stereocenters. The first kappa shape index (κ1) is 28.5. The molecule has 0 fully saturated rings. The summed E-state index contributed by atoms with van der Waals surface area (Å²) in [6.07, 6.45) is 10.9. The molecule has 0 spiro atoms. The highest BCUT2D eigenvalue weighted by Crippen LogP contribution is 2.41. The fraction of sp³-hybridized carbons (Fsp3) is 0.714. The maximum absolute atomic E-state index is 11.8. The minimum Gasteiger partial charge on any atom is -0.466 e. The molecule has 1 heterocycles. The smallest absolute Gasteiger partial charge is 0.308 e. The van der Waals surface area contributed by atoms with Crippen molar-refractivity contribution in [1.29, 1.82) is 0 Å². The van der Waals surface area contributed by atoms with Gasteiger partial charge in [0, 0.05) is 21.9 Å². The molecular formula is C28H45NO4S. The Morgan fingerprint density at radius 2 is 1.41 bits per heavy atom. The summed E-state index contributed by atoms with van der Waals surface area (Å²) in [5.74, 6) is -0.143. The zero-order valence-corrected chi connectivity index (χ0v) is 22.5. The fourth-order valence-electron chi connectivity index (χ4n) is 4.51. The van der Waals surface area contributed by atoms with Gasteiger partial charge in [0.2, 0.25) is 0 Å². The highest BCUT2D eigenvalue weighted by Gasteiger charge is 2.28. The lowest BCUT2D eigenvalue weighted by Gasteiger charge is -2.34. The van der Waals surface area contributed by atoms with Gasteiger partial charge in [-0.05, 0) is 51.7 Å². The Morgan fingerprint density at radius 3 is 2.00 bits per heavy atom. The van der Waals surface area contributed by atoms with Crippen molar-refractivity contribution < 1.29 is 19.1 Å². The molecule has 1 aliphatic rings. The van der Waals surface area contributed by atoms with Crippen LogP contribution in [0.1, 0.15) is 91.9 Å². The molecule has 0 bridgehead atoms. The minimum absolute atomic E-state index is 0.00292. The molecule has 192 valence electrons.